The zero-order valence-corrected chi connectivity index (χ0v) is 7.58. The van der Waals surface area contributed by atoms with Gasteiger partial charge in [-0.25, -0.2) is 4.79 Å². The molecule has 0 aromatic carbocycles. The molecule has 1 fully saturated rings. The van der Waals surface area contributed by atoms with Crippen molar-refractivity contribution in [3.05, 3.63) is 12.2 Å². The highest BCUT2D eigenvalue weighted by Gasteiger charge is 2.17. The minimum Gasteiger partial charge on any atom is -0.459 e. The minimum absolute atomic E-state index is 0.177. The average molecular weight is 168 g/mol. The molecule has 1 aliphatic carbocycles. The third-order valence-electron chi connectivity index (χ3n) is 2.07. The lowest BCUT2D eigenvalue weighted by Gasteiger charge is -2.08. The second kappa shape index (κ2) is 4.96. The standard InChI is InChI=1S/C10H16O2/c1-2-3-8-10(11)12-9-6-4-5-7-9/h3,8-9H,2,4-7H2,1H3. The monoisotopic (exact) mass is 168 g/mol. The van der Waals surface area contributed by atoms with E-state index in [4.69, 9.17) is 4.74 Å². The largest absolute Gasteiger partial charge is 0.459 e. The molecule has 2 heteroatoms. The molecule has 1 aliphatic rings. The van der Waals surface area contributed by atoms with Crippen molar-refractivity contribution in [1.29, 1.82) is 0 Å². The summed E-state index contributed by atoms with van der Waals surface area (Å²) < 4.78 is 5.19. The van der Waals surface area contributed by atoms with Crippen LogP contribution >= 0.6 is 0 Å². The van der Waals surface area contributed by atoms with Crippen LogP contribution < -0.4 is 0 Å². The molecule has 0 heterocycles. The number of hydrogen-bond donors (Lipinski definition) is 0. The Bertz CT molecular complexity index is 167. The van der Waals surface area contributed by atoms with Crippen molar-refractivity contribution in [2.45, 2.75) is 45.1 Å². The normalized spacial score (nSPS) is 18.8. The molecule has 0 unspecified atom stereocenters. The molecule has 68 valence electrons. The van der Waals surface area contributed by atoms with E-state index in [0.717, 1.165) is 19.3 Å². The van der Waals surface area contributed by atoms with Crippen molar-refractivity contribution in [2.24, 2.45) is 0 Å². The van der Waals surface area contributed by atoms with Crippen molar-refractivity contribution in [2.75, 3.05) is 0 Å². The van der Waals surface area contributed by atoms with Crippen LogP contribution in [0.5, 0.6) is 0 Å². The SMILES string of the molecule is CCC=CC(=O)OC1CCCC1. The summed E-state index contributed by atoms with van der Waals surface area (Å²) in [6.07, 6.45) is 8.94. The number of hydrogen-bond acceptors (Lipinski definition) is 2. The summed E-state index contributed by atoms with van der Waals surface area (Å²) in [6.45, 7) is 2.00. The first-order valence-corrected chi connectivity index (χ1v) is 4.70. The van der Waals surface area contributed by atoms with E-state index < -0.39 is 0 Å². The van der Waals surface area contributed by atoms with E-state index in [0.29, 0.717) is 0 Å². The highest BCUT2D eigenvalue weighted by molar-refractivity contribution is 5.82. The van der Waals surface area contributed by atoms with Crippen LogP contribution in [0.25, 0.3) is 0 Å². The van der Waals surface area contributed by atoms with Gasteiger partial charge in [0.05, 0.1) is 0 Å². The molecule has 0 atom stereocenters. The van der Waals surface area contributed by atoms with E-state index in [1.54, 1.807) is 0 Å². The Morgan fingerprint density at radius 3 is 2.75 bits per heavy atom. The fourth-order valence-electron chi connectivity index (χ4n) is 1.42. The maximum absolute atomic E-state index is 11.0. The van der Waals surface area contributed by atoms with Crippen molar-refractivity contribution < 1.29 is 9.53 Å². The van der Waals surface area contributed by atoms with Crippen molar-refractivity contribution in [3.63, 3.8) is 0 Å². The topological polar surface area (TPSA) is 26.3 Å². The van der Waals surface area contributed by atoms with Crippen LogP contribution in [0.15, 0.2) is 12.2 Å². The van der Waals surface area contributed by atoms with Gasteiger partial charge in [-0.3, -0.25) is 0 Å². The smallest absolute Gasteiger partial charge is 0.330 e. The summed E-state index contributed by atoms with van der Waals surface area (Å²) >= 11 is 0. The summed E-state index contributed by atoms with van der Waals surface area (Å²) in [6, 6.07) is 0. The summed E-state index contributed by atoms with van der Waals surface area (Å²) in [7, 11) is 0. The minimum atomic E-state index is -0.177. The molecule has 0 N–H and O–H groups in total. The first-order chi connectivity index (χ1) is 5.83. The van der Waals surface area contributed by atoms with E-state index >= 15 is 0 Å². The maximum atomic E-state index is 11.0. The highest BCUT2D eigenvalue weighted by Crippen LogP contribution is 2.20. The molecule has 0 aromatic heterocycles. The number of carbonyl (C=O) groups is 1. The molecule has 12 heavy (non-hydrogen) atoms. The number of rotatable bonds is 3. The van der Waals surface area contributed by atoms with Gasteiger partial charge >= 0.3 is 5.97 Å². The van der Waals surface area contributed by atoms with Gasteiger partial charge in [-0.05, 0) is 32.1 Å². The molecular weight excluding hydrogens is 152 g/mol. The fraction of sp³-hybridized carbons (Fsp3) is 0.700. The molecule has 0 spiro atoms. The molecule has 1 rings (SSSR count). The molecule has 0 aliphatic heterocycles. The van der Waals surface area contributed by atoms with E-state index in [1.807, 2.05) is 13.0 Å². The number of allylic oxidation sites excluding steroid dienone is 1. The Morgan fingerprint density at radius 2 is 2.17 bits per heavy atom. The van der Waals surface area contributed by atoms with Gasteiger partial charge in [0.1, 0.15) is 6.10 Å². The first kappa shape index (κ1) is 9.30. The number of carbonyl (C=O) groups excluding carboxylic acids is 1. The molecule has 0 radical (unpaired) electrons. The fourth-order valence-corrected chi connectivity index (χ4v) is 1.42. The third-order valence-corrected chi connectivity index (χ3v) is 2.07. The predicted molar refractivity (Wildman–Crippen MR) is 47.8 cm³/mol. The van der Waals surface area contributed by atoms with E-state index in [1.165, 1.54) is 18.9 Å². The van der Waals surface area contributed by atoms with Gasteiger partial charge in [0.2, 0.25) is 0 Å². The number of esters is 1. The van der Waals surface area contributed by atoms with Gasteiger partial charge in [0.25, 0.3) is 0 Å². The Kier molecular flexibility index (Phi) is 3.85. The third kappa shape index (κ3) is 3.07. The quantitative estimate of drug-likeness (QED) is 0.478. The summed E-state index contributed by atoms with van der Waals surface area (Å²) in [5.74, 6) is -0.177. The van der Waals surface area contributed by atoms with Gasteiger partial charge in [0, 0.05) is 6.08 Å². The second-order valence-corrected chi connectivity index (χ2v) is 3.15. The lowest BCUT2D eigenvalue weighted by Crippen LogP contribution is -2.12. The first-order valence-electron chi connectivity index (χ1n) is 4.70. The second-order valence-electron chi connectivity index (χ2n) is 3.15. The molecule has 1 saturated carbocycles. The van der Waals surface area contributed by atoms with Gasteiger partial charge in [-0.15, -0.1) is 0 Å². The van der Waals surface area contributed by atoms with Crippen LogP contribution in [0.3, 0.4) is 0 Å². The molecule has 2 nitrogen and oxygen atoms in total. The van der Waals surface area contributed by atoms with E-state index in [-0.39, 0.29) is 12.1 Å². The summed E-state index contributed by atoms with van der Waals surface area (Å²) in [5.41, 5.74) is 0. The van der Waals surface area contributed by atoms with Crippen LogP contribution in [0.4, 0.5) is 0 Å². The van der Waals surface area contributed by atoms with Crippen molar-refractivity contribution >= 4 is 5.97 Å². The lowest BCUT2D eigenvalue weighted by molar-refractivity contribution is -0.142. The Labute approximate surface area is 73.6 Å². The number of ether oxygens (including phenoxy) is 1. The van der Waals surface area contributed by atoms with Crippen LogP contribution in [0.2, 0.25) is 0 Å². The van der Waals surface area contributed by atoms with Gasteiger partial charge in [-0.2, -0.15) is 0 Å². The summed E-state index contributed by atoms with van der Waals surface area (Å²) in [5, 5.41) is 0. The van der Waals surface area contributed by atoms with Crippen molar-refractivity contribution in [3.8, 4) is 0 Å². The average Bonchev–Trinajstić information content (AvgIpc) is 2.53. The zero-order valence-electron chi connectivity index (χ0n) is 7.58. The zero-order chi connectivity index (χ0) is 8.81. The van der Waals surface area contributed by atoms with Crippen LogP contribution in [-0.2, 0) is 9.53 Å². The van der Waals surface area contributed by atoms with Gasteiger partial charge in [-0.1, -0.05) is 13.0 Å². The van der Waals surface area contributed by atoms with E-state index in [9.17, 15) is 4.79 Å². The predicted octanol–water partition coefficient (Wildman–Crippen LogP) is 2.44. The molecule has 0 bridgehead atoms. The van der Waals surface area contributed by atoms with Gasteiger partial charge < -0.3 is 4.74 Å². The van der Waals surface area contributed by atoms with Crippen LogP contribution in [0.1, 0.15) is 39.0 Å². The van der Waals surface area contributed by atoms with Gasteiger partial charge in [0.15, 0.2) is 0 Å². The van der Waals surface area contributed by atoms with E-state index in [2.05, 4.69) is 0 Å². The maximum Gasteiger partial charge on any atom is 0.330 e. The molecule has 0 aromatic rings. The molecule has 0 amide bonds. The highest BCUT2D eigenvalue weighted by atomic mass is 16.5. The Balaban J connectivity index is 2.20. The van der Waals surface area contributed by atoms with Crippen LogP contribution in [-0.4, -0.2) is 12.1 Å². The van der Waals surface area contributed by atoms with Crippen molar-refractivity contribution in [1.82, 2.24) is 0 Å². The Morgan fingerprint density at radius 1 is 1.50 bits per heavy atom. The molecular formula is C10H16O2. The Hall–Kier alpha value is -0.790. The lowest BCUT2D eigenvalue weighted by atomic mass is 10.3. The molecule has 0 saturated heterocycles. The van der Waals surface area contributed by atoms with Crippen LogP contribution in [0, 0.1) is 0 Å². The summed E-state index contributed by atoms with van der Waals surface area (Å²) in [4.78, 5) is 11.0.